The van der Waals surface area contributed by atoms with Crippen molar-refractivity contribution in [1.29, 1.82) is 0 Å². The summed E-state index contributed by atoms with van der Waals surface area (Å²) in [6.07, 6.45) is 4.46. The molecule has 0 radical (unpaired) electrons. The van der Waals surface area contributed by atoms with Crippen molar-refractivity contribution >= 4 is 56.7 Å². The third-order valence-electron chi connectivity index (χ3n) is 9.17. The largest absolute Gasteiger partial charge is 0.354 e. The van der Waals surface area contributed by atoms with Crippen LogP contribution in [0.1, 0.15) is 43.5 Å². The molecule has 2 unspecified atom stereocenters. The molecule has 240 valence electrons. The number of rotatable bonds is 4. The minimum Gasteiger partial charge on any atom is -0.337 e. The smallest absolute Gasteiger partial charge is 0.337 e. The molecule has 2 amide bonds. The molecule has 2 aromatic carbocycles. The fourth-order valence-corrected chi connectivity index (χ4v) is 7.39. The first-order valence-electron chi connectivity index (χ1n) is 15.3. The quantitative estimate of drug-likeness (QED) is 0.248. The van der Waals surface area contributed by atoms with Gasteiger partial charge in [0.1, 0.15) is 11.9 Å². The van der Waals surface area contributed by atoms with Crippen molar-refractivity contribution in [2.75, 3.05) is 23.3 Å². The number of hydrogen-bond acceptors (Lipinski definition) is 7. The number of piperazine rings is 1. The maximum absolute atomic E-state index is 17.3. The van der Waals surface area contributed by atoms with Crippen LogP contribution < -0.4 is 15.9 Å². The predicted molar refractivity (Wildman–Crippen MR) is 180 cm³/mol. The van der Waals surface area contributed by atoms with Crippen molar-refractivity contribution in [3.05, 3.63) is 81.4 Å². The van der Waals surface area contributed by atoms with Gasteiger partial charge in [0, 0.05) is 35.3 Å². The molecule has 0 saturated carbocycles. The highest BCUT2D eigenvalue weighted by atomic mass is 35.5. The minimum absolute atomic E-state index is 0.00768. The molecule has 2 atom stereocenters. The molecular weight excluding hydrogens is 623 g/mol. The summed E-state index contributed by atoms with van der Waals surface area (Å²) in [5, 5.41) is 10.7. The molecule has 11 nitrogen and oxygen atoms in total. The number of aromatic nitrogens is 5. The molecule has 1 saturated heterocycles. The van der Waals surface area contributed by atoms with Crippen LogP contribution in [0.3, 0.4) is 0 Å². The lowest BCUT2D eigenvalue weighted by molar-refractivity contribution is -0.128. The van der Waals surface area contributed by atoms with Crippen molar-refractivity contribution < 1.29 is 14.0 Å². The lowest BCUT2D eigenvalue weighted by atomic mass is 9.94. The van der Waals surface area contributed by atoms with Gasteiger partial charge in [0.15, 0.2) is 5.82 Å². The van der Waals surface area contributed by atoms with Crippen LogP contribution in [0.5, 0.6) is 0 Å². The van der Waals surface area contributed by atoms with Gasteiger partial charge in [-0.2, -0.15) is 10.1 Å². The van der Waals surface area contributed by atoms with Crippen molar-refractivity contribution in [3.63, 3.8) is 0 Å². The number of H-pyrrole nitrogens is 1. The Morgan fingerprint density at radius 3 is 2.64 bits per heavy atom. The van der Waals surface area contributed by atoms with E-state index in [2.05, 4.69) is 32.1 Å². The second kappa shape index (κ2) is 11.0. The number of aryl methyl sites for hydroxylation is 2. The Balaban J connectivity index is 1.66. The number of nitrogens with one attached hydrogen (secondary N) is 2. The molecule has 5 aromatic rings. The Bertz CT molecular complexity index is 2240. The number of amides is 2. The van der Waals surface area contributed by atoms with E-state index in [9.17, 15) is 14.4 Å². The number of fused-ring (bicyclic) bond motifs is 3. The lowest BCUT2D eigenvalue weighted by Crippen LogP contribution is -2.62. The van der Waals surface area contributed by atoms with Crippen molar-refractivity contribution in [2.24, 2.45) is 0 Å². The van der Waals surface area contributed by atoms with Gasteiger partial charge < -0.3 is 15.1 Å². The Labute approximate surface area is 274 Å². The van der Waals surface area contributed by atoms with E-state index >= 15 is 4.39 Å². The highest BCUT2D eigenvalue weighted by Gasteiger charge is 2.44. The first kappa shape index (κ1) is 30.5. The maximum Gasteiger partial charge on any atom is 0.354 e. The van der Waals surface area contributed by atoms with Crippen LogP contribution >= 0.6 is 11.6 Å². The maximum atomic E-state index is 17.3. The third-order valence-corrected chi connectivity index (χ3v) is 9.54. The number of benzene rings is 2. The van der Waals surface area contributed by atoms with Gasteiger partial charge in [-0.15, -0.1) is 0 Å². The van der Waals surface area contributed by atoms with E-state index in [1.807, 2.05) is 46.8 Å². The van der Waals surface area contributed by atoms with Crippen LogP contribution in [0.4, 0.5) is 15.9 Å². The summed E-state index contributed by atoms with van der Waals surface area (Å²) in [6.45, 7) is 13.2. The molecule has 2 aliphatic rings. The highest BCUT2D eigenvalue weighted by molar-refractivity contribution is 6.40. The molecule has 47 heavy (non-hydrogen) atoms. The average molecular weight is 655 g/mol. The summed E-state index contributed by atoms with van der Waals surface area (Å²) in [5.41, 5.74) is 3.05. The molecular formula is C34H32ClFN8O3. The van der Waals surface area contributed by atoms with E-state index in [1.165, 1.54) is 15.5 Å². The van der Waals surface area contributed by atoms with E-state index in [0.29, 0.717) is 33.4 Å². The number of carbonyl (C=O) groups excluding carboxylic acids is 2. The second-order valence-electron chi connectivity index (χ2n) is 12.5. The van der Waals surface area contributed by atoms with E-state index in [4.69, 9.17) is 11.6 Å². The van der Waals surface area contributed by atoms with E-state index in [1.54, 1.807) is 23.4 Å². The van der Waals surface area contributed by atoms with Gasteiger partial charge in [-0.1, -0.05) is 38.1 Å². The molecule has 1 fully saturated rings. The van der Waals surface area contributed by atoms with E-state index in [0.717, 1.165) is 5.56 Å². The number of hydrogen-bond donors (Lipinski definition) is 2. The molecule has 7 rings (SSSR count). The normalized spacial score (nSPS) is 17.7. The van der Waals surface area contributed by atoms with Gasteiger partial charge >= 0.3 is 5.69 Å². The fourth-order valence-electron chi connectivity index (χ4n) is 7.04. The number of aromatic amines is 1. The summed E-state index contributed by atoms with van der Waals surface area (Å²) in [4.78, 5) is 53.6. The minimum atomic E-state index is -0.979. The Morgan fingerprint density at radius 1 is 1.15 bits per heavy atom. The van der Waals surface area contributed by atoms with Crippen LogP contribution in [0.2, 0.25) is 5.02 Å². The molecule has 0 spiro atoms. The SMILES string of the molecule is C=CC(=O)N1CC(C)N2c3nc(=O)n(-c4c(C)ccnc4C(C)C)c4c(Cl)c(-c5c(C)ccc6[nH]ncc56)c(F)c(c34)NC(=O)C2C1. The fraction of sp³-hybridized carbons (Fsp3) is 0.294. The van der Waals surface area contributed by atoms with Crippen LogP contribution in [-0.2, 0) is 9.59 Å². The summed E-state index contributed by atoms with van der Waals surface area (Å²) in [6, 6.07) is 4.00. The Hall–Kier alpha value is -5.10. The molecule has 2 N–H and O–H groups in total. The molecule has 0 bridgehead atoms. The van der Waals surface area contributed by atoms with E-state index in [-0.39, 0.29) is 57.9 Å². The third kappa shape index (κ3) is 4.45. The Kier molecular flexibility index (Phi) is 7.16. The van der Waals surface area contributed by atoms with Crippen LogP contribution in [0.15, 0.2) is 48.0 Å². The monoisotopic (exact) mass is 654 g/mol. The van der Waals surface area contributed by atoms with Crippen LogP contribution in [-0.4, -0.2) is 66.6 Å². The molecule has 2 aliphatic heterocycles. The first-order valence-corrected chi connectivity index (χ1v) is 15.7. The van der Waals surface area contributed by atoms with Gasteiger partial charge in [0.25, 0.3) is 0 Å². The molecule has 0 aliphatic carbocycles. The van der Waals surface area contributed by atoms with Crippen LogP contribution in [0, 0.1) is 19.7 Å². The van der Waals surface area contributed by atoms with Gasteiger partial charge in [0.05, 0.1) is 51.3 Å². The number of carbonyl (C=O) groups is 2. The summed E-state index contributed by atoms with van der Waals surface area (Å²) in [7, 11) is 0. The highest BCUT2D eigenvalue weighted by Crippen LogP contribution is 2.49. The number of anilines is 2. The molecule has 13 heteroatoms. The zero-order valence-electron chi connectivity index (χ0n) is 26.5. The first-order chi connectivity index (χ1) is 22.4. The van der Waals surface area contributed by atoms with Gasteiger partial charge in [-0.05, 0) is 56.0 Å². The lowest BCUT2D eigenvalue weighted by Gasteiger charge is -2.44. The van der Waals surface area contributed by atoms with E-state index < -0.39 is 29.5 Å². The Morgan fingerprint density at radius 2 is 1.91 bits per heavy atom. The second-order valence-corrected chi connectivity index (χ2v) is 12.8. The predicted octanol–water partition coefficient (Wildman–Crippen LogP) is 5.40. The zero-order chi connectivity index (χ0) is 33.5. The topological polar surface area (TPSA) is 129 Å². The van der Waals surface area contributed by atoms with Gasteiger partial charge in [-0.25, -0.2) is 9.18 Å². The van der Waals surface area contributed by atoms with Gasteiger partial charge in [0.2, 0.25) is 11.8 Å². The summed E-state index contributed by atoms with van der Waals surface area (Å²) in [5.74, 6) is -1.66. The summed E-state index contributed by atoms with van der Waals surface area (Å²) >= 11 is 7.37. The van der Waals surface area contributed by atoms with Gasteiger partial charge in [-0.3, -0.25) is 24.2 Å². The standard InChI is InChI=1S/C34H32ClFN8O3/c1-7-22(45)42-13-18(6)43-21(14-42)33(46)39-29-25-31(26(35)24(27(29)36)23-16(4)8-9-20-19(23)12-38-41-20)44(34(47)40-32(25)43)30-17(5)10-11-37-28(30)15(2)3/h7-12,15,18,21H,1,13-14H2,2-6H3,(H,38,41)(H,39,46). The zero-order valence-corrected chi connectivity index (χ0v) is 27.2. The van der Waals surface area contributed by atoms with Crippen molar-refractivity contribution in [2.45, 2.75) is 52.6 Å². The van der Waals surface area contributed by atoms with Crippen molar-refractivity contribution in [1.82, 2.24) is 29.6 Å². The number of halogens is 2. The van der Waals surface area contributed by atoms with Crippen LogP contribution in [0.25, 0.3) is 38.6 Å². The molecule has 5 heterocycles. The van der Waals surface area contributed by atoms with Crippen molar-refractivity contribution in [3.8, 4) is 16.8 Å². The number of nitrogens with zero attached hydrogens (tertiary/aromatic N) is 6. The number of pyridine rings is 1. The summed E-state index contributed by atoms with van der Waals surface area (Å²) < 4.78 is 18.7. The molecule has 3 aromatic heterocycles. The average Bonchev–Trinajstić information content (AvgIpc) is 3.47.